The lowest BCUT2D eigenvalue weighted by Crippen LogP contribution is -2.43. The highest BCUT2D eigenvalue weighted by atomic mass is 79.9. The SMILES string of the molecule is CC(C)(C)[Si](C)(C)OCC1CC(n2cc3cc(Br)ncc3n2)C1. The van der Waals surface area contributed by atoms with Crippen LogP contribution < -0.4 is 0 Å². The van der Waals surface area contributed by atoms with Crippen LogP contribution in [0, 0.1) is 5.92 Å². The number of pyridine rings is 1. The van der Waals surface area contributed by atoms with Crippen LogP contribution in [0.15, 0.2) is 23.1 Å². The molecule has 0 saturated heterocycles. The third-order valence-corrected chi connectivity index (χ3v) is 10.4. The fourth-order valence-corrected chi connectivity index (χ4v) is 4.14. The number of nitrogens with zero attached hydrogens (tertiary/aromatic N) is 3. The van der Waals surface area contributed by atoms with Crippen LogP contribution in [0.3, 0.4) is 0 Å². The van der Waals surface area contributed by atoms with E-state index in [0.717, 1.165) is 35.0 Å². The quantitative estimate of drug-likeness (QED) is 0.529. The smallest absolute Gasteiger partial charge is 0.191 e. The van der Waals surface area contributed by atoms with Crippen LogP contribution in [0.4, 0.5) is 0 Å². The molecular weight excluding hydrogens is 370 g/mol. The Morgan fingerprint density at radius 1 is 1.35 bits per heavy atom. The zero-order valence-electron chi connectivity index (χ0n) is 14.6. The molecule has 4 nitrogen and oxygen atoms in total. The summed E-state index contributed by atoms with van der Waals surface area (Å²) in [6.07, 6.45) is 6.29. The number of hydrogen-bond donors (Lipinski definition) is 0. The van der Waals surface area contributed by atoms with Crippen molar-refractivity contribution in [3.8, 4) is 0 Å². The fourth-order valence-electron chi connectivity index (χ4n) is 2.70. The minimum absolute atomic E-state index is 0.288. The van der Waals surface area contributed by atoms with Gasteiger partial charge in [-0.15, -0.1) is 0 Å². The molecule has 23 heavy (non-hydrogen) atoms. The number of hydrogen-bond acceptors (Lipinski definition) is 3. The fraction of sp³-hybridized carbons (Fsp3) is 0.647. The molecule has 2 heterocycles. The summed E-state index contributed by atoms with van der Waals surface area (Å²) >= 11 is 3.41. The van der Waals surface area contributed by atoms with Crippen LogP contribution in [0.5, 0.6) is 0 Å². The zero-order valence-corrected chi connectivity index (χ0v) is 17.2. The monoisotopic (exact) mass is 395 g/mol. The lowest BCUT2D eigenvalue weighted by molar-refractivity contribution is 0.110. The molecule has 0 N–H and O–H groups in total. The molecule has 0 amide bonds. The normalized spacial score (nSPS) is 22.3. The van der Waals surface area contributed by atoms with Gasteiger partial charge in [-0.3, -0.25) is 4.68 Å². The Morgan fingerprint density at radius 2 is 2.04 bits per heavy atom. The summed E-state index contributed by atoms with van der Waals surface area (Å²) in [5, 5.41) is 6.09. The Labute approximate surface area is 147 Å². The molecule has 0 unspecified atom stereocenters. The van der Waals surface area contributed by atoms with Crippen LogP contribution in [0.1, 0.15) is 39.7 Å². The summed E-state index contributed by atoms with van der Waals surface area (Å²) in [5.74, 6) is 0.672. The van der Waals surface area contributed by atoms with Gasteiger partial charge in [0, 0.05) is 18.2 Å². The van der Waals surface area contributed by atoms with E-state index in [2.05, 4.69) is 70.8 Å². The first-order valence-electron chi connectivity index (χ1n) is 8.30. The Balaban J connectivity index is 1.56. The standard InChI is InChI=1S/C17H26BrN3OSi/c1-17(2,3)23(4,5)22-11-12-6-14(7-12)21-10-13-8-16(18)19-9-15(13)20-21/h8-10,12,14H,6-7,11H2,1-5H3. The van der Waals surface area contributed by atoms with Crippen LogP contribution in [0.2, 0.25) is 18.1 Å². The molecule has 2 aromatic rings. The average molecular weight is 396 g/mol. The summed E-state index contributed by atoms with van der Waals surface area (Å²) in [6.45, 7) is 12.4. The van der Waals surface area contributed by atoms with Gasteiger partial charge in [-0.25, -0.2) is 4.98 Å². The second-order valence-electron chi connectivity index (χ2n) is 8.24. The first-order chi connectivity index (χ1) is 10.7. The predicted octanol–water partition coefficient (Wildman–Crippen LogP) is 5.17. The summed E-state index contributed by atoms with van der Waals surface area (Å²) in [6, 6.07) is 2.53. The van der Waals surface area contributed by atoms with E-state index < -0.39 is 8.32 Å². The van der Waals surface area contributed by atoms with Gasteiger partial charge in [-0.2, -0.15) is 5.10 Å². The van der Waals surface area contributed by atoms with Crippen LogP contribution in [-0.2, 0) is 4.43 Å². The third-order valence-electron chi connectivity index (χ3n) is 5.45. The second kappa shape index (κ2) is 5.97. The largest absolute Gasteiger partial charge is 0.417 e. The average Bonchev–Trinajstić information content (AvgIpc) is 2.77. The second-order valence-corrected chi connectivity index (χ2v) is 13.9. The lowest BCUT2D eigenvalue weighted by Gasteiger charge is -2.41. The molecular formula is C17H26BrN3OSi. The van der Waals surface area contributed by atoms with Gasteiger partial charge in [0.25, 0.3) is 0 Å². The maximum absolute atomic E-state index is 6.35. The van der Waals surface area contributed by atoms with E-state index >= 15 is 0 Å². The highest BCUT2D eigenvalue weighted by molar-refractivity contribution is 9.10. The number of halogens is 1. The minimum Gasteiger partial charge on any atom is -0.417 e. The maximum Gasteiger partial charge on any atom is 0.191 e. The number of rotatable bonds is 4. The van der Waals surface area contributed by atoms with E-state index in [-0.39, 0.29) is 5.04 Å². The molecule has 1 saturated carbocycles. The topological polar surface area (TPSA) is 39.9 Å². The summed E-state index contributed by atoms with van der Waals surface area (Å²) in [4.78, 5) is 4.24. The van der Waals surface area contributed by atoms with Gasteiger partial charge < -0.3 is 4.43 Å². The minimum atomic E-state index is -1.62. The molecule has 1 aliphatic rings. The van der Waals surface area contributed by atoms with E-state index in [0.29, 0.717) is 12.0 Å². The van der Waals surface area contributed by atoms with Crippen molar-refractivity contribution in [1.82, 2.24) is 14.8 Å². The van der Waals surface area contributed by atoms with Gasteiger partial charge in [0.1, 0.15) is 10.1 Å². The third kappa shape index (κ3) is 3.54. The molecule has 6 heteroatoms. The molecule has 0 radical (unpaired) electrons. The molecule has 0 bridgehead atoms. The van der Waals surface area contributed by atoms with Crippen LogP contribution >= 0.6 is 15.9 Å². The molecule has 0 atom stereocenters. The van der Waals surface area contributed by atoms with Crippen molar-refractivity contribution in [3.05, 3.63) is 23.1 Å². The summed E-state index contributed by atoms with van der Waals surface area (Å²) in [5.41, 5.74) is 0.967. The van der Waals surface area contributed by atoms with Gasteiger partial charge in [0.2, 0.25) is 0 Å². The molecule has 3 rings (SSSR count). The highest BCUT2D eigenvalue weighted by Gasteiger charge is 2.39. The van der Waals surface area contributed by atoms with Crippen molar-refractivity contribution in [2.24, 2.45) is 5.92 Å². The van der Waals surface area contributed by atoms with Gasteiger partial charge in [-0.1, -0.05) is 20.8 Å². The molecule has 0 spiro atoms. The maximum atomic E-state index is 6.35. The Bertz CT molecular complexity index is 701. The highest BCUT2D eigenvalue weighted by Crippen LogP contribution is 2.41. The van der Waals surface area contributed by atoms with Crippen molar-refractivity contribution >= 4 is 35.2 Å². The van der Waals surface area contributed by atoms with E-state index in [9.17, 15) is 0 Å². The van der Waals surface area contributed by atoms with Crippen LogP contribution in [-0.4, -0.2) is 29.7 Å². The van der Waals surface area contributed by atoms with E-state index in [1.807, 2.05) is 12.3 Å². The van der Waals surface area contributed by atoms with Crippen molar-refractivity contribution in [2.45, 2.75) is 57.8 Å². The lowest BCUT2D eigenvalue weighted by atomic mass is 9.81. The summed E-state index contributed by atoms with van der Waals surface area (Å²) in [7, 11) is -1.62. The molecule has 1 fully saturated rings. The predicted molar refractivity (Wildman–Crippen MR) is 100 cm³/mol. The Hall–Kier alpha value is -0.723. The first kappa shape index (κ1) is 17.1. The van der Waals surface area contributed by atoms with E-state index in [4.69, 9.17) is 4.43 Å². The van der Waals surface area contributed by atoms with Gasteiger partial charge in [-0.05, 0) is 58.9 Å². The molecule has 0 aliphatic heterocycles. The molecule has 1 aliphatic carbocycles. The number of fused-ring (bicyclic) bond motifs is 1. The summed E-state index contributed by atoms with van der Waals surface area (Å²) < 4.78 is 9.32. The first-order valence-corrected chi connectivity index (χ1v) is 12.0. The Morgan fingerprint density at radius 3 is 2.70 bits per heavy atom. The van der Waals surface area contributed by atoms with Crippen molar-refractivity contribution in [1.29, 1.82) is 0 Å². The van der Waals surface area contributed by atoms with Crippen molar-refractivity contribution in [3.63, 3.8) is 0 Å². The molecule has 0 aromatic carbocycles. The number of aromatic nitrogens is 3. The van der Waals surface area contributed by atoms with Crippen LogP contribution in [0.25, 0.3) is 10.9 Å². The Kier molecular flexibility index (Phi) is 4.44. The van der Waals surface area contributed by atoms with E-state index in [1.165, 1.54) is 0 Å². The van der Waals surface area contributed by atoms with E-state index in [1.54, 1.807) is 0 Å². The van der Waals surface area contributed by atoms with Gasteiger partial charge in [0.05, 0.1) is 12.2 Å². The van der Waals surface area contributed by atoms with Crippen molar-refractivity contribution in [2.75, 3.05) is 6.61 Å². The van der Waals surface area contributed by atoms with Gasteiger partial charge >= 0.3 is 0 Å². The zero-order chi connectivity index (χ0) is 16.8. The van der Waals surface area contributed by atoms with Gasteiger partial charge in [0.15, 0.2) is 8.32 Å². The molecule has 2 aromatic heterocycles. The molecule has 126 valence electrons. The van der Waals surface area contributed by atoms with Crippen molar-refractivity contribution < 1.29 is 4.43 Å².